The molecule has 1 N–H and O–H groups in total. The standard InChI is InChI=1S/C20H32N2O4S/c1-16(2)19(20(23)26-3)22(15-17-9-5-4-6-10-17)27(24,25)14-13-21-18-11-7-8-12-18/h4-6,9-10,16,18-19,21H,7-8,11-15H2,1-3H3/t19-/m0/s1. The lowest BCUT2D eigenvalue weighted by atomic mass is 10.0. The van der Waals surface area contributed by atoms with E-state index in [1.54, 1.807) is 0 Å². The molecule has 1 aromatic carbocycles. The maximum absolute atomic E-state index is 13.2. The average Bonchev–Trinajstić information content (AvgIpc) is 3.14. The van der Waals surface area contributed by atoms with Gasteiger partial charge in [0.1, 0.15) is 6.04 Å². The summed E-state index contributed by atoms with van der Waals surface area (Å²) in [4.78, 5) is 12.4. The molecule has 0 amide bonds. The van der Waals surface area contributed by atoms with Gasteiger partial charge in [0.15, 0.2) is 0 Å². The van der Waals surface area contributed by atoms with Crippen molar-refractivity contribution >= 4 is 16.0 Å². The van der Waals surface area contributed by atoms with Gasteiger partial charge < -0.3 is 10.1 Å². The van der Waals surface area contributed by atoms with E-state index in [2.05, 4.69) is 5.32 Å². The molecule has 1 atom stereocenters. The fraction of sp³-hybridized carbons (Fsp3) is 0.650. The Bertz CT molecular complexity index is 685. The normalized spacial score (nSPS) is 16.8. The van der Waals surface area contributed by atoms with Crippen LogP contribution in [0.3, 0.4) is 0 Å². The second-order valence-electron chi connectivity index (χ2n) is 7.49. The Kier molecular flexibility index (Phi) is 8.26. The quantitative estimate of drug-likeness (QED) is 0.615. The molecule has 0 heterocycles. The Hall–Kier alpha value is -1.44. The Morgan fingerprint density at radius 1 is 1.22 bits per heavy atom. The van der Waals surface area contributed by atoms with E-state index >= 15 is 0 Å². The van der Waals surface area contributed by atoms with Gasteiger partial charge in [-0.25, -0.2) is 8.42 Å². The minimum Gasteiger partial charge on any atom is -0.468 e. The number of hydrogen-bond acceptors (Lipinski definition) is 5. The van der Waals surface area contributed by atoms with Gasteiger partial charge >= 0.3 is 5.97 Å². The summed E-state index contributed by atoms with van der Waals surface area (Å²) in [7, 11) is -2.34. The summed E-state index contributed by atoms with van der Waals surface area (Å²) >= 11 is 0. The number of methoxy groups -OCH3 is 1. The van der Waals surface area contributed by atoms with Gasteiger partial charge in [-0.3, -0.25) is 4.79 Å². The zero-order valence-corrected chi connectivity index (χ0v) is 17.4. The first-order chi connectivity index (χ1) is 12.8. The van der Waals surface area contributed by atoms with Crippen LogP contribution in [-0.2, 0) is 26.1 Å². The largest absolute Gasteiger partial charge is 0.468 e. The van der Waals surface area contributed by atoms with Crippen LogP contribution in [0.5, 0.6) is 0 Å². The number of rotatable bonds is 10. The van der Waals surface area contributed by atoms with Crippen molar-refractivity contribution in [3.63, 3.8) is 0 Å². The summed E-state index contributed by atoms with van der Waals surface area (Å²) in [6, 6.07) is 8.92. The van der Waals surface area contributed by atoms with Gasteiger partial charge in [0.25, 0.3) is 0 Å². The predicted molar refractivity (Wildman–Crippen MR) is 107 cm³/mol. The monoisotopic (exact) mass is 396 g/mol. The van der Waals surface area contributed by atoms with Crippen molar-refractivity contribution in [2.75, 3.05) is 19.4 Å². The highest BCUT2D eigenvalue weighted by atomic mass is 32.2. The van der Waals surface area contributed by atoms with Crippen LogP contribution in [0, 0.1) is 5.92 Å². The number of sulfonamides is 1. The van der Waals surface area contributed by atoms with Crippen LogP contribution in [0.25, 0.3) is 0 Å². The minimum atomic E-state index is -3.64. The van der Waals surface area contributed by atoms with Gasteiger partial charge in [0.2, 0.25) is 10.0 Å². The lowest BCUT2D eigenvalue weighted by Crippen LogP contribution is -2.50. The molecule has 1 saturated carbocycles. The molecule has 1 aromatic rings. The molecule has 0 saturated heterocycles. The van der Waals surface area contributed by atoms with Crippen LogP contribution in [0.15, 0.2) is 30.3 Å². The van der Waals surface area contributed by atoms with Crippen molar-refractivity contribution in [1.29, 1.82) is 0 Å². The van der Waals surface area contributed by atoms with Crippen molar-refractivity contribution < 1.29 is 17.9 Å². The Labute approximate surface area is 163 Å². The van der Waals surface area contributed by atoms with Gasteiger partial charge in [-0.1, -0.05) is 57.0 Å². The van der Waals surface area contributed by atoms with Crippen molar-refractivity contribution in [1.82, 2.24) is 9.62 Å². The first-order valence-corrected chi connectivity index (χ1v) is 11.3. The maximum atomic E-state index is 13.2. The smallest absolute Gasteiger partial charge is 0.324 e. The van der Waals surface area contributed by atoms with Crippen LogP contribution in [0.1, 0.15) is 45.1 Å². The molecule has 27 heavy (non-hydrogen) atoms. The second-order valence-corrected chi connectivity index (χ2v) is 9.54. The average molecular weight is 397 g/mol. The third-order valence-electron chi connectivity index (χ3n) is 5.07. The summed E-state index contributed by atoms with van der Waals surface area (Å²) in [6.45, 7) is 4.23. The van der Waals surface area contributed by atoms with Gasteiger partial charge in [0, 0.05) is 19.1 Å². The number of esters is 1. The van der Waals surface area contributed by atoms with Crippen molar-refractivity contribution in [3.8, 4) is 0 Å². The van der Waals surface area contributed by atoms with E-state index < -0.39 is 22.0 Å². The van der Waals surface area contributed by atoms with E-state index in [-0.39, 0.29) is 18.2 Å². The number of hydrogen-bond donors (Lipinski definition) is 1. The molecule has 0 radical (unpaired) electrons. The predicted octanol–water partition coefficient (Wildman–Crippen LogP) is 2.55. The minimum absolute atomic E-state index is 0.0312. The number of ether oxygens (including phenoxy) is 1. The van der Waals surface area contributed by atoms with Crippen LogP contribution in [-0.4, -0.2) is 50.2 Å². The highest BCUT2D eigenvalue weighted by Gasteiger charge is 2.37. The number of nitrogens with one attached hydrogen (secondary N) is 1. The maximum Gasteiger partial charge on any atom is 0.324 e. The number of benzene rings is 1. The SMILES string of the molecule is COC(=O)[C@H](C(C)C)N(Cc1ccccc1)S(=O)(=O)CCNC1CCCC1. The first kappa shape index (κ1) is 21.9. The lowest BCUT2D eigenvalue weighted by molar-refractivity contribution is -0.146. The third-order valence-corrected chi connectivity index (χ3v) is 6.86. The zero-order valence-electron chi connectivity index (χ0n) is 16.6. The van der Waals surface area contributed by atoms with Crippen LogP contribution in [0.4, 0.5) is 0 Å². The fourth-order valence-corrected chi connectivity index (χ4v) is 5.25. The van der Waals surface area contributed by atoms with Crippen LogP contribution in [0.2, 0.25) is 0 Å². The summed E-state index contributed by atoms with van der Waals surface area (Å²) in [5, 5.41) is 3.35. The Balaban J connectivity index is 2.18. The summed E-state index contributed by atoms with van der Waals surface area (Å²) in [5.41, 5.74) is 0.847. The van der Waals surface area contributed by atoms with Crippen molar-refractivity contribution in [2.45, 2.75) is 58.2 Å². The van der Waals surface area contributed by atoms with E-state index in [9.17, 15) is 13.2 Å². The third kappa shape index (κ3) is 6.30. The molecule has 1 aliphatic carbocycles. The van der Waals surface area contributed by atoms with Gasteiger partial charge in [0.05, 0.1) is 12.9 Å². The highest BCUT2D eigenvalue weighted by molar-refractivity contribution is 7.89. The van der Waals surface area contributed by atoms with E-state index in [0.717, 1.165) is 18.4 Å². The Morgan fingerprint density at radius 3 is 2.41 bits per heavy atom. The van der Waals surface area contributed by atoms with Gasteiger partial charge in [-0.05, 0) is 24.3 Å². The van der Waals surface area contributed by atoms with Crippen LogP contribution < -0.4 is 5.32 Å². The molecule has 152 valence electrons. The summed E-state index contributed by atoms with van der Waals surface area (Å²) < 4.78 is 32.5. The number of carbonyl (C=O) groups excluding carboxylic acids is 1. The summed E-state index contributed by atoms with van der Waals surface area (Å²) in [5.74, 6) is -0.747. The molecule has 1 fully saturated rings. The molecule has 0 aliphatic heterocycles. The van der Waals surface area contributed by atoms with E-state index in [1.807, 2.05) is 44.2 Å². The zero-order chi connectivity index (χ0) is 19.9. The molecule has 0 bridgehead atoms. The first-order valence-electron chi connectivity index (χ1n) is 9.70. The molecule has 0 aromatic heterocycles. The molecule has 6 nitrogen and oxygen atoms in total. The highest BCUT2D eigenvalue weighted by Crippen LogP contribution is 2.21. The van der Waals surface area contributed by atoms with E-state index in [0.29, 0.717) is 12.6 Å². The molecular weight excluding hydrogens is 364 g/mol. The van der Waals surface area contributed by atoms with Gasteiger partial charge in [-0.2, -0.15) is 4.31 Å². The van der Waals surface area contributed by atoms with Crippen molar-refractivity contribution in [2.24, 2.45) is 5.92 Å². The Morgan fingerprint density at radius 2 is 1.85 bits per heavy atom. The van der Waals surface area contributed by atoms with Crippen molar-refractivity contribution in [3.05, 3.63) is 35.9 Å². The molecular formula is C20H32N2O4S. The van der Waals surface area contributed by atoms with Crippen LogP contribution >= 0.6 is 0 Å². The number of carbonyl (C=O) groups is 1. The summed E-state index contributed by atoms with van der Waals surface area (Å²) in [6.07, 6.45) is 4.60. The molecule has 0 unspecified atom stereocenters. The number of nitrogens with zero attached hydrogens (tertiary/aromatic N) is 1. The topological polar surface area (TPSA) is 75.7 Å². The molecule has 7 heteroatoms. The van der Waals surface area contributed by atoms with E-state index in [4.69, 9.17) is 4.74 Å². The molecule has 2 rings (SSSR count). The lowest BCUT2D eigenvalue weighted by Gasteiger charge is -2.31. The van der Waals surface area contributed by atoms with Gasteiger partial charge in [-0.15, -0.1) is 0 Å². The molecule has 0 spiro atoms. The fourth-order valence-electron chi connectivity index (χ4n) is 3.62. The second kappa shape index (κ2) is 10.2. The van der Waals surface area contributed by atoms with E-state index in [1.165, 1.54) is 24.3 Å². The molecule has 1 aliphatic rings.